The summed E-state index contributed by atoms with van der Waals surface area (Å²) in [4.78, 5) is 10.9. The van der Waals surface area contributed by atoms with E-state index in [1.54, 1.807) is 0 Å². The molecule has 0 unspecified atom stereocenters. The molecule has 0 amide bonds. The van der Waals surface area contributed by atoms with E-state index >= 15 is 0 Å². The van der Waals surface area contributed by atoms with Gasteiger partial charge in [-0.25, -0.2) is 4.72 Å². The van der Waals surface area contributed by atoms with Crippen LogP contribution in [0.4, 0.5) is 0 Å². The molecule has 0 aliphatic rings. The zero-order valence-corrected chi connectivity index (χ0v) is 12.0. The first-order valence-electron chi connectivity index (χ1n) is 5.92. The number of rotatable bonds is 10. The second kappa shape index (κ2) is 9.26. The molecule has 0 saturated heterocycles. The topological polar surface area (TPSA) is 87.7 Å². The van der Waals surface area contributed by atoms with Gasteiger partial charge in [-0.05, 0) is 13.0 Å². The van der Waals surface area contributed by atoms with Crippen LogP contribution in [-0.4, -0.2) is 59.0 Å². The van der Waals surface area contributed by atoms with Crippen molar-refractivity contribution in [2.75, 3.05) is 40.3 Å². The van der Waals surface area contributed by atoms with Gasteiger partial charge < -0.3 is 10.1 Å². The summed E-state index contributed by atoms with van der Waals surface area (Å²) in [6, 6.07) is 0. The zero-order chi connectivity index (χ0) is 14.0. The Morgan fingerprint density at radius 2 is 1.94 bits per heavy atom. The zero-order valence-electron chi connectivity index (χ0n) is 11.2. The average Bonchev–Trinajstić information content (AvgIpc) is 2.34. The summed E-state index contributed by atoms with van der Waals surface area (Å²) >= 11 is 0. The van der Waals surface area contributed by atoms with Gasteiger partial charge in [0.2, 0.25) is 0 Å². The van der Waals surface area contributed by atoms with Gasteiger partial charge in [0.05, 0.1) is 13.5 Å². The number of esters is 1. The van der Waals surface area contributed by atoms with Crippen molar-refractivity contribution in [3.63, 3.8) is 0 Å². The third kappa shape index (κ3) is 7.59. The molecule has 0 aliphatic heterocycles. The van der Waals surface area contributed by atoms with Gasteiger partial charge in [-0.15, -0.1) is 0 Å². The first-order valence-corrected chi connectivity index (χ1v) is 7.36. The molecule has 0 rings (SSSR count). The second-order valence-corrected chi connectivity index (χ2v) is 5.66. The van der Waals surface area contributed by atoms with Crippen LogP contribution >= 0.6 is 0 Å². The van der Waals surface area contributed by atoms with Gasteiger partial charge in [0.1, 0.15) is 0 Å². The molecule has 0 aromatic rings. The Morgan fingerprint density at radius 1 is 1.28 bits per heavy atom. The van der Waals surface area contributed by atoms with Crippen LogP contribution in [0.25, 0.3) is 0 Å². The molecule has 7 nitrogen and oxygen atoms in total. The van der Waals surface area contributed by atoms with Gasteiger partial charge in [0, 0.05) is 26.7 Å². The molecule has 0 bridgehead atoms. The summed E-state index contributed by atoms with van der Waals surface area (Å²) in [5.41, 5.74) is 0. The third-order valence-electron chi connectivity index (χ3n) is 2.28. The minimum absolute atomic E-state index is 0.0436. The molecule has 108 valence electrons. The van der Waals surface area contributed by atoms with Crippen LogP contribution < -0.4 is 10.0 Å². The van der Waals surface area contributed by atoms with E-state index in [-0.39, 0.29) is 13.0 Å². The Labute approximate surface area is 109 Å². The first-order chi connectivity index (χ1) is 8.44. The predicted octanol–water partition coefficient (Wildman–Crippen LogP) is -0.685. The molecule has 0 heterocycles. The lowest BCUT2D eigenvalue weighted by Gasteiger charge is -2.17. The van der Waals surface area contributed by atoms with Crippen molar-refractivity contribution in [3.05, 3.63) is 0 Å². The standard InChI is InChI=1S/C10H23N3O4S/c1-4-6-11-7-8-12-18(15,16)13(2)9-5-10(14)17-3/h11-12H,4-9H2,1-3H3. The molecule has 0 spiro atoms. The van der Waals surface area contributed by atoms with Gasteiger partial charge in [-0.1, -0.05) is 6.92 Å². The molecular weight excluding hydrogens is 258 g/mol. The van der Waals surface area contributed by atoms with Crippen molar-refractivity contribution in [3.8, 4) is 0 Å². The van der Waals surface area contributed by atoms with E-state index in [1.807, 2.05) is 6.92 Å². The summed E-state index contributed by atoms with van der Waals surface area (Å²) in [5, 5.41) is 3.09. The van der Waals surface area contributed by atoms with E-state index in [0.29, 0.717) is 13.1 Å². The van der Waals surface area contributed by atoms with Gasteiger partial charge >= 0.3 is 5.97 Å². The van der Waals surface area contributed by atoms with Gasteiger partial charge in [0.15, 0.2) is 0 Å². The molecule has 8 heteroatoms. The molecule has 0 aromatic heterocycles. The highest BCUT2D eigenvalue weighted by molar-refractivity contribution is 7.87. The molecule has 0 saturated carbocycles. The molecule has 0 radical (unpaired) electrons. The van der Waals surface area contributed by atoms with Crippen molar-refractivity contribution in [2.45, 2.75) is 19.8 Å². The number of methoxy groups -OCH3 is 1. The third-order valence-corrected chi connectivity index (χ3v) is 3.85. The maximum absolute atomic E-state index is 11.7. The predicted molar refractivity (Wildman–Crippen MR) is 69.3 cm³/mol. The molecule has 0 aromatic carbocycles. The van der Waals surface area contributed by atoms with Crippen LogP contribution in [0.3, 0.4) is 0 Å². The minimum atomic E-state index is -3.52. The number of hydrogen-bond acceptors (Lipinski definition) is 5. The number of nitrogens with one attached hydrogen (secondary N) is 2. The minimum Gasteiger partial charge on any atom is -0.469 e. The SMILES string of the molecule is CCCNCCNS(=O)(=O)N(C)CCC(=O)OC. The lowest BCUT2D eigenvalue weighted by atomic mass is 10.4. The van der Waals surface area contributed by atoms with Crippen LogP contribution in [0.15, 0.2) is 0 Å². The summed E-state index contributed by atoms with van der Waals surface area (Å²) in [7, 11) is -0.822. The maximum Gasteiger partial charge on any atom is 0.306 e. The Balaban J connectivity index is 3.92. The van der Waals surface area contributed by atoms with Crippen LogP contribution in [0.2, 0.25) is 0 Å². The lowest BCUT2D eigenvalue weighted by molar-refractivity contribution is -0.140. The summed E-state index contributed by atoms with van der Waals surface area (Å²) in [6.45, 7) is 3.91. The number of nitrogens with zero attached hydrogens (tertiary/aromatic N) is 1. The maximum atomic E-state index is 11.7. The molecule has 0 atom stereocenters. The highest BCUT2D eigenvalue weighted by atomic mass is 32.2. The Kier molecular flexibility index (Phi) is 8.90. The van der Waals surface area contributed by atoms with Crippen molar-refractivity contribution in [2.24, 2.45) is 0 Å². The molecule has 2 N–H and O–H groups in total. The highest BCUT2D eigenvalue weighted by Gasteiger charge is 2.17. The van der Waals surface area contributed by atoms with Gasteiger partial charge in [-0.3, -0.25) is 4.79 Å². The first kappa shape index (κ1) is 17.3. The number of carbonyl (C=O) groups is 1. The molecule has 18 heavy (non-hydrogen) atoms. The van der Waals surface area contributed by atoms with Crippen molar-refractivity contribution in [1.82, 2.24) is 14.3 Å². The monoisotopic (exact) mass is 281 g/mol. The Hall–Kier alpha value is -0.700. The van der Waals surface area contributed by atoms with Crippen molar-refractivity contribution < 1.29 is 17.9 Å². The van der Waals surface area contributed by atoms with Crippen molar-refractivity contribution >= 4 is 16.2 Å². The van der Waals surface area contributed by atoms with E-state index in [1.165, 1.54) is 14.2 Å². The largest absolute Gasteiger partial charge is 0.469 e. The fourth-order valence-electron chi connectivity index (χ4n) is 1.15. The van der Waals surface area contributed by atoms with Crippen LogP contribution in [-0.2, 0) is 19.7 Å². The lowest BCUT2D eigenvalue weighted by Crippen LogP contribution is -2.41. The molecule has 0 aliphatic carbocycles. The van der Waals surface area contributed by atoms with Gasteiger partial charge in [-0.2, -0.15) is 12.7 Å². The smallest absolute Gasteiger partial charge is 0.306 e. The normalized spacial score (nSPS) is 11.8. The fraction of sp³-hybridized carbons (Fsp3) is 0.900. The quantitative estimate of drug-likeness (QED) is 0.409. The molecular formula is C10H23N3O4S. The van der Waals surface area contributed by atoms with Gasteiger partial charge in [0.25, 0.3) is 10.2 Å². The van der Waals surface area contributed by atoms with E-state index < -0.39 is 16.2 Å². The fourth-order valence-corrected chi connectivity index (χ4v) is 2.06. The molecule has 0 fully saturated rings. The Bertz CT molecular complexity index is 332. The van der Waals surface area contributed by atoms with E-state index in [9.17, 15) is 13.2 Å². The second-order valence-electron chi connectivity index (χ2n) is 3.80. The van der Waals surface area contributed by atoms with Crippen LogP contribution in [0, 0.1) is 0 Å². The number of hydrogen-bond donors (Lipinski definition) is 2. The summed E-state index contributed by atoms with van der Waals surface area (Å²) in [5.74, 6) is -0.429. The number of ether oxygens (including phenoxy) is 1. The van der Waals surface area contributed by atoms with Crippen LogP contribution in [0.5, 0.6) is 0 Å². The Morgan fingerprint density at radius 3 is 2.50 bits per heavy atom. The van der Waals surface area contributed by atoms with E-state index in [4.69, 9.17) is 0 Å². The van der Waals surface area contributed by atoms with E-state index in [2.05, 4.69) is 14.8 Å². The number of carbonyl (C=O) groups excluding carboxylic acids is 1. The van der Waals surface area contributed by atoms with E-state index in [0.717, 1.165) is 17.3 Å². The summed E-state index contributed by atoms with van der Waals surface area (Å²) in [6.07, 6.45) is 1.05. The average molecular weight is 281 g/mol. The summed E-state index contributed by atoms with van der Waals surface area (Å²) < 4.78 is 31.4. The highest BCUT2D eigenvalue weighted by Crippen LogP contribution is 1.96. The van der Waals surface area contributed by atoms with Crippen molar-refractivity contribution in [1.29, 1.82) is 0 Å². The van der Waals surface area contributed by atoms with Crippen LogP contribution in [0.1, 0.15) is 19.8 Å².